The zero-order chi connectivity index (χ0) is 16.0. The molecule has 0 unspecified atom stereocenters. The van der Waals surface area contributed by atoms with E-state index in [0.717, 1.165) is 33.3 Å². The van der Waals surface area contributed by atoms with Gasteiger partial charge in [-0.05, 0) is 24.3 Å². The molecule has 0 fully saturated rings. The van der Waals surface area contributed by atoms with Crippen LogP contribution < -0.4 is 4.90 Å². The first-order chi connectivity index (χ1) is 11.1. The normalized spacial score (nSPS) is 11.2. The fourth-order valence-corrected chi connectivity index (χ4v) is 2.64. The van der Waals surface area contributed by atoms with Crippen molar-refractivity contribution in [2.45, 2.75) is 6.92 Å². The molecule has 0 aliphatic carbocycles. The highest BCUT2D eigenvalue weighted by Gasteiger charge is 2.13. The Bertz CT molecular complexity index is 1030. The summed E-state index contributed by atoms with van der Waals surface area (Å²) < 4.78 is 0. The number of aromatic amines is 2. The second-order valence-electron chi connectivity index (χ2n) is 5.48. The molecule has 3 heterocycles. The number of H-pyrrole nitrogens is 2. The summed E-state index contributed by atoms with van der Waals surface area (Å²) in [5.41, 5.74) is 4.46. The molecule has 23 heavy (non-hydrogen) atoms. The number of pyridine rings is 1. The van der Waals surface area contributed by atoms with E-state index in [4.69, 9.17) is 0 Å². The second kappa shape index (κ2) is 4.95. The van der Waals surface area contributed by atoms with Gasteiger partial charge in [0.15, 0.2) is 0 Å². The molecule has 6 nitrogen and oxygen atoms in total. The first kappa shape index (κ1) is 13.5. The van der Waals surface area contributed by atoms with Crippen molar-refractivity contribution in [3.8, 4) is 11.4 Å². The van der Waals surface area contributed by atoms with E-state index in [1.807, 2.05) is 42.5 Å². The monoisotopic (exact) mass is 305 g/mol. The summed E-state index contributed by atoms with van der Waals surface area (Å²) in [6.45, 7) is 1.52. The van der Waals surface area contributed by atoms with E-state index in [-0.39, 0.29) is 5.91 Å². The number of anilines is 1. The van der Waals surface area contributed by atoms with E-state index in [2.05, 4.69) is 20.2 Å². The highest BCUT2D eigenvalue weighted by atomic mass is 16.2. The van der Waals surface area contributed by atoms with Crippen LogP contribution in [0.25, 0.3) is 33.3 Å². The molecule has 0 atom stereocenters. The maximum absolute atomic E-state index is 11.5. The number of hydrogen-bond acceptors (Lipinski definition) is 3. The van der Waals surface area contributed by atoms with Gasteiger partial charge in [0.05, 0.1) is 22.2 Å². The molecule has 3 aromatic heterocycles. The first-order valence-corrected chi connectivity index (χ1v) is 7.31. The number of carbonyl (C=O) groups is 1. The van der Waals surface area contributed by atoms with Gasteiger partial charge >= 0.3 is 0 Å². The van der Waals surface area contributed by atoms with Crippen LogP contribution in [0, 0.1) is 0 Å². The maximum Gasteiger partial charge on any atom is 0.224 e. The van der Waals surface area contributed by atoms with Crippen LogP contribution >= 0.6 is 0 Å². The predicted molar refractivity (Wildman–Crippen MR) is 90.3 cm³/mol. The van der Waals surface area contributed by atoms with Crippen molar-refractivity contribution in [1.82, 2.24) is 20.2 Å². The second-order valence-corrected chi connectivity index (χ2v) is 5.48. The van der Waals surface area contributed by atoms with Gasteiger partial charge in [0, 0.05) is 19.4 Å². The van der Waals surface area contributed by atoms with Gasteiger partial charge in [0.2, 0.25) is 5.91 Å². The molecule has 0 saturated heterocycles. The molecule has 0 bridgehead atoms. The van der Waals surface area contributed by atoms with Crippen LogP contribution in [0.4, 0.5) is 5.82 Å². The summed E-state index contributed by atoms with van der Waals surface area (Å²) in [5.74, 6) is 0.577. The van der Waals surface area contributed by atoms with Gasteiger partial charge in [0.25, 0.3) is 0 Å². The third-order valence-corrected chi connectivity index (χ3v) is 4.00. The lowest BCUT2D eigenvalue weighted by Gasteiger charge is -2.13. The smallest absolute Gasteiger partial charge is 0.224 e. The van der Waals surface area contributed by atoms with E-state index >= 15 is 0 Å². The van der Waals surface area contributed by atoms with Crippen LogP contribution in [0.1, 0.15) is 6.92 Å². The summed E-state index contributed by atoms with van der Waals surface area (Å²) in [4.78, 5) is 20.9. The molecule has 6 heteroatoms. The number of carbonyl (C=O) groups excluding carboxylic acids is 1. The van der Waals surface area contributed by atoms with Crippen molar-refractivity contribution < 1.29 is 4.79 Å². The van der Waals surface area contributed by atoms with Gasteiger partial charge in [-0.2, -0.15) is 5.10 Å². The van der Waals surface area contributed by atoms with Gasteiger partial charge in [-0.1, -0.05) is 18.2 Å². The molecule has 4 rings (SSSR count). The molecule has 1 amide bonds. The van der Waals surface area contributed by atoms with E-state index in [9.17, 15) is 4.79 Å². The molecule has 4 aromatic rings. The Morgan fingerprint density at radius 2 is 1.96 bits per heavy atom. The molecule has 0 radical (unpaired) electrons. The van der Waals surface area contributed by atoms with E-state index < -0.39 is 0 Å². The van der Waals surface area contributed by atoms with Gasteiger partial charge < -0.3 is 9.88 Å². The summed E-state index contributed by atoms with van der Waals surface area (Å²) in [5, 5.41) is 8.49. The lowest BCUT2D eigenvalue weighted by Crippen LogP contribution is -2.23. The molecule has 0 spiro atoms. The van der Waals surface area contributed by atoms with Gasteiger partial charge in [-0.25, -0.2) is 4.98 Å². The third kappa shape index (κ3) is 2.15. The topological polar surface area (TPSA) is 77.7 Å². The quantitative estimate of drug-likeness (QED) is 0.597. The van der Waals surface area contributed by atoms with Crippen molar-refractivity contribution in [3.63, 3.8) is 0 Å². The van der Waals surface area contributed by atoms with Crippen LogP contribution in [0.5, 0.6) is 0 Å². The van der Waals surface area contributed by atoms with Crippen LogP contribution in [-0.4, -0.2) is 33.1 Å². The number of hydrogen-bond donors (Lipinski definition) is 2. The van der Waals surface area contributed by atoms with Crippen molar-refractivity contribution in [3.05, 3.63) is 42.5 Å². The number of benzene rings is 1. The van der Waals surface area contributed by atoms with Crippen LogP contribution in [0.3, 0.4) is 0 Å². The summed E-state index contributed by atoms with van der Waals surface area (Å²) in [6, 6.07) is 13.7. The van der Waals surface area contributed by atoms with Gasteiger partial charge in [0.1, 0.15) is 11.5 Å². The zero-order valence-corrected chi connectivity index (χ0v) is 12.8. The van der Waals surface area contributed by atoms with Crippen LogP contribution in [-0.2, 0) is 4.79 Å². The van der Waals surface area contributed by atoms with E-state index in [1.54, 1.807) is 7.05 Å². The molecule has 0 saturated carbocycles. The maximum atomic E-state index is 11.5. The number of amides is 1. The van der Waals surface area contributed by atoms with Crippen molar-refractivity contribution in [1.29, 1.82) is 0 Å². The Balaban J connectivity index is 1.84. The lowest BCUT2D eigenvalue weighted by molar-refractivity contribution is -0.116. The minimum Gasteiger partial charge on any atom is -0.352 e. The van der Waals surface area contributed by atoms with Crippen molar-refractivity contribution >= 4 is 33.7 Å². The molecular formula is C17H15N5O. The number of fused-ring (bicyclic) bond motifs is 2. The van der Waals surface area contributed by atoms with Crippen LogP contribution in [0.15, 0.2) is 42.5 Å². The molecule has 1 aromatic carbocycles. The fraction of sp³-hybridized carbons (Fsp3) is 0.118. The predicted octanol–water partition coefficient (Wildman–Crippen LogP) is 3.09. The lowest BCUT2D eigenvalue weighted by atomic mass is 10.2. The number of rotatable bonds is 2. The summed E-state index contributed by atoms with van der Waals surface area (Å²) >= 11 is 0. The Kier molecular flexibility index (Phi) is 2.90. The largest absolute Gasteiger partial charge is 0.352 e. The zero-order valence-electron chi connectivity index (χ0n) is 12.8. The summed E-state index contributed by atoms with van der Waals surface area (Å²) in [7, 11) is 1.71. The highest BCUT2D eigenvalue weighted by Crippen LogP contribution is 2.28. The van der Waals surface area contributed by atoms with Crippen molar-refractivity contribution in [2.75, 3.05) is 11.9 Å². The number of aromatic nitrogens is 4. The number of para-hydroxylation sites is 1. The van der Waals surface area contributed by atoms with Crippen molar-refractivity contribution in [2.24, 2.45) is 0 Å². The Morgan fingerprint density at radius 1 is 1.13 bits per heavy atom. The van der Waals surface area contributed by atoms with E-state index in [0.29, 0.717) is 5.82 Å². The SMILES string of the molecule is CC(=O)N(C)c1ccc2[nH]c(-c3n[nH]c4ccccc34)cc2n1. The minimum absolute atomic E-state index is 0.0501. The first-order valence-electron chi connectivity index (χ1n) is 7.31. The van der Waals surface area contributed by atoms with E-state index in [1.165, 1.54) is 11.8 Å². The Morgan fingerprint density at radius 3 is 2.78 bits per heavy atom. The van der Waals surface area contributed by atoms with Crippen LogP contribution in [0.2, 0.25) is 0 Å². The Labute approximate surface area is 132 Å². The van der Waals surface area contributed by atoms with Gasteiger partial charge in [-0.15, -0.1) is 0 Å². The third-order valence-electron chi connectivity index (χ3n) is 4.00. The molecule has 114 valence electrons. The average molecular weight is 305 g/mol. The number of nitrogens with zero attached hydrogens (tertiary/aromatic N) is 3. The molecule has 0 aliphatic rings. The summed E-state index contributed by atoms with van der Waals surface area (Å²) in [6.07, 6.45) is 0. The Hall–Kier alpha value is -3.15. The average Bonchev–Trinajstić information content (AvgIpc) is 3.16. The highest BCUT2D eigenvalue weighted by molar-refractivity contribution is 5.96. The minimum atomic E-state index is -0.0501. The fourth-order valence-electron chi connectivity index (χ4n) is 2.64. The standard InChI is InChI=1S/C17H15N5O/c1-10(23)22(2)16-8-7-13-14(19-16)9-15(18-13)17-11-5-3-4-6-12(11)20-21-17/h3-9,18H,1-2H3,(H,20,21). The number of nitrogens with one attached hydrogen (secondary N) is 2. The molecule has 2 N–H and O–H groups in total. The molecule has 0 aliphatic heterocycles. The molecular weight excluding hydrogens is 290 g/mol. The van der Waals surface area contributed by atoms with Gasteiger partial charge in [-0.3, -0.25) is 9.89 Å².